The Hall–Kier alpha value is -2.48. The lowest BCUT2D eigenvalue weighted by atomic mass is 9.92. The molecule has 3 heterocycles. The van der Waals surface area contributed by atoms with E-state index in [9.17, 15) is 14.3 Å². The molecule has 134 valence electrons. The van der Waals surface area contributed by atoms with Crippen molar-refractivity contribution in [1.29, 1.82) is 0 Å². The fraction of sp³-hybridized carbons (Fsp3) is 0.471. The molecule has 0 radical (unpaired) electrons. The Kier molecular flexibility index (Phi) is 4.71. The highest BCUT2D eigenvalue weighted by Crippen LogP contribution is 2.26. The molecule has 1 amide bonds. The predicted octanol–water partition coefficient (Wildman–Crippen LogP) is 1.62. The van der Waals surface area contributed by atoms with Crippen molar-refractivity contribution >= 4 is 11.7 Å². The van der Waals surface area contributed by atoms with Crippen LogP contribution in [0.3, 0.4) is 0 Å². The van der Waals surface area contributed by atoms with Crippen LogP contribution >= 0.6 is 0 Å². The summed E-state index contributed by atoms with van der Waals surface area (Å²) >= 11 is 0. The van der Waals surface area contributed by atoms with Gasteiger partial charge in [-0.2, -0.15) is 0 Å². The van der Waals surface area contributed by atoms with Crippen LogP contribution in [0, 0.1) is 12.7 Å². The molecule has 0 aromatic carbocycles. The van der Waals surface area contributed by atoms with Gasteiger partial charge < -0.3 is 19.4 Å². The number of rotatable bonds is 4. The third kappa shape index (κ3) is 3.96. The maximum absolute atomic E-state index is 13.0. The van der Waals surface area contributed by atoms with E-state index in [1.165, 1.54) is 11.0 Å². The second-order valence-corrected chi connectivity index (χ2v) is 6.58. The van der Waals surface area contributed by atoms with Crippen LogP contribution in [0.15, 0.2) is 28.9 Å². The summed E-state index contributed by atoms with van der Waals surface area (Å²) in [4.78, 5) is 19.8. The Bertz CT molecular complexity index is 749. The summed E-state index contributed by atoms with van der Waals surface area (Å²) in [5, 5.41) is 14.7. The van der Waals surface area contributed by atoms with Crippen molar-refractivity contribution in [2.75, 3.05) is 31.6 Å². The quantitative estimate of drug-likeness (QED) is 0.904. The Morgan fingerprint density at radius 2 is 2.32 bits per heavy atom. The minimum absolute atomic E-state index is 0.150. The fourth-order valence-electron chi connectivity index (χ4n) is 3.16. The maximum atomic E-state index is 13.0. The van der Waals surface area contributed by atoms with Gasteiger partial charge >= 0.3 is 0 Å². The van der Waals surface area contributed by atoms with Crippen molar-refractivity contribution in [2.24, 2.45) is 0 Å². The van der Waals surface area contributed by atoms with Gasteiger partial charge in [0, 0.05) is 26.2 Å². The highest BCUT2D eigenvalue weighted by Gasteiger charge is 2.36. The summed E-state index contributed by atoms with van der Waals surface area (Å²) in [7, 11) is 1.62. The first kappa shape index (κ1) is 17.3. The van der Waals surface area contributed by atoms with Gasteiger partial charge in [-0.3, -0.25) is 4.79 Å². The van der Waals surface area contributed by atoms with E-state index < -0.39 is 11.4 Å². The molecule has 1 N–H and O–H groups in total. The van der Waals surface area contributed by atoms with E-state index in [2.05, 4.69) is 10.1 Å². The number of aromatic nitrogens is 2. The summed E-state index contributed by atoms with van der Waals surface area (Å²) in [6, 6.07) is 4.50. The number of β-amino-alcohol motifs (C(OH)–C–C–N with tert-alkyl or cyclic N) is 1. The molecular weight excluding hydrogens is 327 g/mol. The molecule has 0 aliphatic carbocycles. The van der Waals surface area contributed by atoms with Gasteiger partial charge in [-0.25, -0.2) is 9.37 Å². The van der Waals surface area contributed by atoms with Crippen molar-refractivity contribution < 1.29 is 18.8 Å². The van der Waals surface area contributed by atoms with Gasteiger partial charge in [-0.1, -0.05) is 5.16 Å². The number of hydrogen-bond donors (Lipinski definition) is 1. The van der Waals surface area contributed by atoms with Crippen LogP contribution in [0.4, 0.5) is 10.2 Å². The number of pyridine rings is 1. The van der Waals surface area contributed by atoms with Crippen LogP contribution in [0.25, 0.3) is 0 Å². The molecule has 25 heavy (non-hydrogen) atoms. The molecule has 2 aromatic heterocycles. The van der Waals surface area contributed by atoms with Gasteiger partial charge in [0.15, 0.2) is 0 Å². The number of amides is 1. The van der Waals surface area contributed by atoms with Gasteiger partial charge in [-0.15, -0.1) is 0 Å². The van der Waals surface area contributed by atoms with Crippen LogP contribution < -0.4 is 4.90 Å². The largest absolute Gasteiger partial charge is 0.386 e. The number of aliphatic hydroxyl groups is 1. The summed E-state index contributed by atoms with van der Waals surface area (Å²) in [6.45, 7) is 2.93. The van der Waals surface area contributed by atoms with Crippen LogP contribution in [0.1, 0.15) is 29.1 Å². The summed E-state index contributed by atoms with van der Waals surface area (Å²) in [5.74, 6) is 0.0330. The first-order valence-corrected chi connectivity index (χ1v) is 8.14. The lowest BCUT2D eigenvalue weighted by Crippen LogP contribution is -2.54. The number of hydrogen-bond acceptors (Lipinski definition) is 6. The molecule has 0 spiro atoms. The van der Waals surface area contributed by atoms with E-state index in [4.69, 9.17) is 4.52 Å². The summed E-state index contributed by atoms with van der Waals surface area (Å²) in [6.07, 6.45) is 2.47. The van der Waals surface area contributed by atoms with Crippen LogP contribution in [0.5, 0.6) is 0 Å². The van der Waals surface area contributed by atoms with Crippen molar-refractivity contribution in [2.45, 2.75) is 25.4 Å². The molecule has 1 saturated heterocycles. The first-order chi connectivity index (χ1) is 11.9. The van der Waals surface area contributed by atoms with Crippen molar-refractivity contribution in [3.05, 3.63) is 41.7 Å². The number of anilines is 1. The minimum Gasteiger partial charge on any atom is -0.386 e. The van der Waals surface area contributed by atoms with Gasteiger partial charge in [-0.05, 0) is 31.9 Å². The van der Waals surface area contributed by atoms with Gasteiger partial charge in [0.05, 0.1) is 24.0 Å². The number of halogens is 1. The molecule has 1 fully saturated rings. The molecule has 7 nitrogen and oxygen atoms in total. The standard InChI is InChI=1S/C17H21FN4O3/c1-12-8-14(25-20-12)16(23)21(2)10-17(24)6-3-7-22(11-17)15-5-4-13(18)9-19-15/h4-5,8-9,24H,3,6-7,10-11H2,1-2H3. The number of aryl methyl sites for hydroxylation is 1. The summed E-state index contributed by atoms with van der Waals surface area (Å²) in [5.41, 5.74) is -0.449. The first-order valence-electron chi connectivity index (χ1n) is 8.14. The normalized spacial score (nSPS) is 20.6. The van der Waals surface area contributed by atoms with E-state index in [-0.39, 0.29) is 18.2 Å². The van der Waals surface area contributed by atoms with Crippen molar-refractivity contribution in [3.63, 3.8) is 0 Å². The Morgan fingerprint density at radius 1 is 1.52 bits per heavy atom. The summed E-state index contributed by atoms with van der Waals surface area (Å²) < 4.78 is 18.0. The molecule has 8 heteroatoms. The predicted molar refractivity (Wildman–Crippen MR) is 88.8 cm³/mol. The van der Waals surface area contributed by atoms with Crippen molar-refractivity contribution in [1.82, 2.24) is 15.0 Å². The molecule has 1 atom stereocenters. The molecule has 1 unspecified atom stereocenters. The molecular formula is C17H21FN4O3. The third-order valence-corrected chi connectivity index (χ3v) is 4.31. The third-order valence-electron chi connectivity index (χ3n) is 4.31. The zero-order chi connectivity index (χ0) is 18.0. The lowest BCUT2D eigenvalue weighted by molar-refractivity contribution is -0.00106. The monoisotopic (exact) mass is 348 g/mol. The minimum atomic E-state index is -1.08. The fourth-order valence-corrected chi connectivity index (χ4v) is 3.16. The molecule has 1 aliphatic heterocycles. The number of carbonyl (C=O) groups excluding carboxylic acids is 1. The van der Waals surface area contributed by atoms with Gasteiger partial charge in [0.25, 0.3) is 5.91 Å². The molecule has 1 aliphatic rings. The topological polar surface area (TPSA) is 82.7 Å². The second kappa shape index (κ2) is 6.79. The SMILES string of the molecule is Cc1cc(C(=O)N(C)CC2(O)CCCN(c3ccc(F)cn3)C2)on1. The second-order valence-electron chi connectivity index (χ2n) is 6.58. The van der Waals surface area contributed by atoms with E-state index in [1.54, 1.807) is 26.1 Å². The maximum Gasteiger partial charge on any atom is 0.292 e. The zero-order valence-electron chi connectivity index (χ0n) is 14.3. The lowest BCUT2D eigenvalue weighted by Gasteiger charge is -2.41. The van der Waals surface area contributed by atoms with Crippen molar-refractivity contribution in [3.8, 4) is 0 Å². The molecule has 0 bridgehead atoms. The van der Waals surface area contributed by atoms with Crippen LogP contribution in [-0.2, 0) is 0 Å². The highest BCUT2D eigenvalue weighted by atomic mass is 19.1. The van der Waals surface area contributed by atoms with E-state index in [1.807, 2.05) is 4.90 Å². The zero-order valence-corrected chi connectivity index (χ0v) is 14.3. The smallest absolute Gasteiger partial charge is 0.292 e. The molecule has 0 saturated carbocycles. The number of piperidine rings is 1. The average molecular weight is 348 g/mol. The molecule has 2 aromatic rings. The Labute approximate surface area is 145 Å². The Balaban J connectivity index is 1.68. The van der Waals surface area contributed by atoms with Gasteiger partial charge in [0.2, 0.25) is 5.76 Å². The van der Waals surface area contributed by atoms with E-state index in [0.29, 0.717) is 24.5 Å². The van der Waals surface area contributed by atoms with Crippen LogP contribution in [-0.4, -0.2) is 58.3 Å². The number of likely N-dealkylation sites (N-methyl/N-ethyl adjacent to an activating group) is 1. The number of nitrogens with zero attached hydrogens (tertiary/aromatic N) is 4. The van der Waals surface area contributed by atoms with Crippen LogP contribution in [0.2, 0.25) is 0 Å². The average Bonchev–Trinajstić information content (AvgIpc) is 3.01. The van der Waals surface area contributed by atoms with E-state index >= 15 is 0 Å². The molecule has 3 rings (SSSR count). The highest BCUT2D eigenvalue weighted by molar-refractivity contribution is 5.91. The Morgan fingerprint density at radius 3 is 2.96 bits per heavy atom. The number of carbonyl (C=O) groups is 1. The van der Waals surface area contributed by atoms with Gasteiger partial charge in [0.1, 0.15) is 11.6 Å². The van der Waals surface area contributed by atoms with E-state index in [0.717, 1.165) is 19.2 Å².